The van der Waals surface area contributed by atoms with Gasteiger partial charge < -0.3 is 15.0 Å². The van der Waals surface area contributed by atoms with E-state index in [2.05, 4.69) is 4.98 Å². The summed E-state index contributed by atoms with van der Waals surface area (Å²) in [6, 6.07) is 3.58. The molecule has 2 rings (SSSR count). The number of nitrogens with zero attached hydrogens (tertiary/aromatic N) is 1. The van der Waals surface area contributed by atoms with Crippen LogP contribution in [0.5, 0.6) is 0 Å². The van der Waals surface area contributed by atoms with Gasteiger partial charge >= 0.3 is 7.12 Å². The van der Waals surface area contributed by atoms with Gasteiger partial charge in [-0.25, -0.2) is 4.98 Å². The molecule has 18 heavy (non-hydrogen) atoms. The molecule has 2 heterocycles. The lowest BCUT2D eigenvalue weighted by Gasteiger charge is -2.32. The molecule has 0 aliphatic carbocycles. The van der Waals surface area contributed by atoms with Gasteiger partial charge in [0.2, 0.25) is 0 Å². The van der Waals surface area contributed by atoms with Crippen LogP contribution in [0.2, 0.25) is 5.15 Å². The lowest BCUT2D eigenvalue weighted by Crippen LogP contribution is -2.41. The van der Waals surface area contributed by atoms with E-state index < -0.39 is 7.12 Å². The van der Waals surface area contributed by atoms with Gasteiger partial charge in [-0.1, -0.05) is 17.7 Å². The van der Waals surface area contributed by atoms with E-state index in [4.69, 9.17) is 26.6 Å². The first kappa shape index (κ1) is 13.8. The minimum absolute atomic E-state index is 0.306. The van der Waals surface area contributed by atoms with Gasteiger partial charge in [0, 0.05) is 12.0 Å². The normalized spacial score (nSPS) is 21.3. The van der Waals surface area contributed by atoms with Crippen LogP contribution in [0.25, 0.3) is 0 Å². The van der Waals surface area contributed by atoms with E-state index in [1.807, 2.05) is 33.8 Å². The summed E-state index contributed by atoms with van der Waals surface area (Å²) in [7, 11) is -0.446. The van der Waals surface area contributed by atoms with Gasteiger partial charge in [0.05, 0.1) is 16.9 Å². The average Bonchev–Trinajstić information content (AvgIpc) is 2.47. The molecule has 1 aromatic heterocycles. The van der Waals surface area contributed by atoms with Gasteiger partial charge in [0.1, 0.15) is 5.15 Å². The van der Waals surface area contributed by atoms with Crippen LogP contribution in [0.4, 0.5) is 0 Å². The second-order valence-corrected chi connectivity index (χ2v) is 5.85. The molecule has 2 N–H and O–H groups in total. The molecule has 0 saturated carbocycles. The average molecular weight is 269 g/mol. The first-order valence-corrected chi connectivity index (χ1v) is 6.35. The molecule has 0 atom stereocenters. The van der Waals surface area contributed by atoms with Crippen molar-refractivity contribution in [2.24, 2.45) is 5.73 Å². The van der Waals surface area contributed by atoms with Crippen molar-refractivity contribution in [1.82, 2.24) is 4.98 Å². The Kier molecular flexibility index (Phi) is 3.45. The summed E-state index contributed by atoms with van der Waals surface area (Å²) in [5.74, 6) is 0. The van der Waals surface area contributed by atoms with Gasteiger partial charge in [0.25, 0.3) is 0 Å². The van der Waals surface area contributed by atoms with Gasteiger partial charge in [-0.05, 0) is 33.8 Å². The maximum atomic E-state index is 5.97. The van der Waals surface area contributed by atoms with Crippen LogP contribution < -0.4 is 11.2 Å². The number of pyridine rings is 1. The van der Waals surface area contributed by atoms with Crippen molar-refractivity contribution in [3.63, 3.8) is 0 Å². The number of hydrogen-bond acceptors (Lipinski definition) is 4. The second-order valence-electron chi connectivity index (χ2n) is 5.46. The van der Waals surface area contributed by atoms with E-state index in [0.717, 1.165) is 5.46 Å². The van der Waals surface area contributed by atoms with Crippen LogP contribution in [0.3, 0.4) is 0 Å². The largest absolute Gasteiger partial charge is 0.496 e. The Bertz CT molecular complexity index is 449. The number of nitrogens with two attached hydrogens (primary N) is 1. The summed E-state index contributed by atoms with van der Waals surface area (Å²) in [5.41, 5.74) is 6.50. The summed E-state index contributed by atoms with van der Waals surface area (Å²) in [4.78, 5) is 4.21. The quantitative estimate of drug-likeness (QED) is 0.652. The molecule has 0 amide bonds. The molecule has 1 aliphatic rings. The van der Waals surface area contributed by atoms with E-state index in [0.29, 0.717) is 17.4 Å². The first-order chi connectivity index (χ1) is 8.27. The standard InChI is InChI=1S/C12H18BClN2O2/c1-11(2)12(3,4)18-13(17-11)8-5-6-10(14)16-9(8)7-15/h5-6H,7,15H2,1-4H3. The Morgan fingerprint density at radius 1 is 1.22 bits per heavy atom. The molecular weight excluding hydrogens is 250 g/mol. The van der Waals surface area contributed by atoms with E-state index in [-0.39, 0.29) is 11.2 Å². The lowest BCUT2D eigenvalue weighted by atomic mass is 9.78. The summed E-state index contributed by atoms with van der Waals surface area (Å²) >= 11 is 5.87. The molecule has 0 radical (unpaired) electrons. The van der Waals surface area contributed by atoms with Crippen LogP contribution in [-0.2, 0) is 15.9 Å². The van der Waals surface area contributed by atoms with Crippen LogP contribution in [0.1, 0.15) is 33.4 Å². The number of aromatic nitrogens is 1. The number of hydrogen-bond donors (Lipinski definition) is 1. The molecule has 1 saturated heterocycles. The van der Waals surface area contributed by atoms with Gasteiger partial charge in [-0.15, -0.1) is 0 Å². The minimum atomic E-state index is -0.446. The highest BCUT2D eigenvalue weighted by Crippen LogP contribution is 2.36. The Morgan fingerprint density at radius 2 is 1.78 bits per heavy atom. The van der Waals surface area contributed by atoms with Gasteiger partial charge in [-0.3, -0.25) is 0 Å². The third-order valence-corrected chi connectivity index (χ3v) is 3.89. The smallest absolute Gasteiger partial charge is 0.399 e. The van der Waals surface area contributed by atoms with Crippen molar-refractivity contribution in [3.8, 4) is 0 Å². The topological polar surface area (TPSA) is 57.4 Å². The molecule has 98 valence electrons. The maximum Gasteiger partial charge on any atom is 0.496 e. The molecule has 1 aromatic rings. The molecular formula is C12H18BClN2O2. The zero-order chi connectivity index (χ0) is 13.6. The van der Waals surface area contributed by atoms with E-state index in [1.165, 1.54) is 0 Å². The van der Waals surface area contributed by atoms with Gasteiger partial charge in [-0.2, -0.15) is 0 Å². The molecule has 1 aliphatic heterocycles. The second kappa shape index (κ2) is 4.49. The van der Waals surface area contributed by atoms with Crippen molar-refractivity contribution in [1.29, 1.82) is 0 Å². The fraction of sp³-hybridized carbons (Fsp3) is 0.583. The summed E-state index contributed by atoms with van der Waals surface area (Å²) in [6.45, 7) is 8.35. The zero-order valence-corrected chi connectivity index (χ0v) is 11.9. The number of halogens is 1. The third-order valence-electron chi connectivity index (χ3n) is 3.68. The molecule has 0 spiro atoms. The van der Waals surface area contributed by atoms with Crippen molar-refractivity contribution >= 4 is 24.2 Å². The van der Waals surface area contributed by atoms with Crippen LogP contribution in [0, 0.1) is 0 Å². The van der Waals surface area contributed by atoms with Crippen LogP contribution in [0.15, 0.2) is 12.1 Å². The molecule has 0 bridgehead atoms. The van der Waals surface area contributed by atoms with E-state index in [1.54, 1.807) is 6.07 Å². The highest BCUT2D eigenvalue weighted by molar-refractivity contribution is 6.62. The predicted molar refractivity (Wildman–Crippen MR) is 72.9 cm³/mol. The highest BCUT2D eigenvalue weighted by atomic mass is 35.5. The molecule has 0 unspecified atom stereocenters. The highest BCUT2D eigenvalue weighted by Gasteiger charge is 2.52. The zero-order valence-electron chi connectivity index (χ0n) is 11.2. The molecule has 4 nitrogen and oxygen atoms in total. The fourth-order valence-electron chi connectivity index (χ4n) is 1.83. The van der Waals surface area contributed by atoms with Crippen molar-refractivity contribution in [2.75, 3.05) is 0 Å². The van der Waals surface area contributed by atoms with E-state index in [9.17, 15) is 0 Å². The monoisotopic (exact) mass is 268 g/mol. The fourth-order valence-corrected chi connectivity index (χ4v) is 2.00. The van der Waals surface area contributed by atoms with E-state index >= 15 is 0 Å². The lowest BCUT2D eigenvalue weighted by molar-refractivity contribution is 0.00578. The molecule has 0 aromatic carbocycles. The molecule has 1 fully saturated rings. The summed E-state index contributed by atoms with van der Waals surface area (Å²) in [6.07, 6.45) is 0. The SMILES string of the molecule is CC1(C)OB(c2ccc(Cl)nc2CN)OC1(C)C. The first-order valence-electron chi connectivity index (χ1n) is 5.98. The van der Waals surface area contributed by atoms with Crippen LogP contribution in [-0.4, -0.2) is 23.3 Å². The summed E-state index contributed by atoms with van der Waals surface area (Å²) in [5, 5.41) is 0.427. The van der Waals surface area contributed by atoms with Crippen molar-refractivity contribution in [3.05, 3.63) is 23.0 Å². The third kappa shape index (κ3) is 2.28. The summed E-state index contributed by atoms with van der Waals surface area (Å²) < 4.78 is 11.9. The van der Waals surface area contributed by atoms with Crippen molar-refractivity contribution < 1.29 is 9.31 Å². The van der Waals surface area contributed by atoms with Crippen LogP contribution >= 0.6 is 11.6 Å². The Balaban J connectivity index is 2.35. The Morgan fingerprint density at radius 3 is 2.28 bits per heavy atom. The predicted octanol–water partition coefficient (Wildman–Crippen LogP) is 1.49. The Labute approximate surface area is 113 Å². The molecule has 6 heteroatoms. The maximum absolute atomic E-state index is 5.97. The van der Waals surface area contributed by atoms with Crippen molar-refractivity contribution in [2.45, 2.75) is 45.4 Å². The number of rotatable bonds is 2. The van der Waals surface area contributed by atoms with Gasteiger partial charge in [0.15, 0.2) is 0 Å². The Hall–Kier alpha value is -0.615. The minimum Gasteiger partial charge on any atom is -0.399 e.